The van der Waals surface area contributed by atoms with Crippen molar-refractivity contribution >= 4 is 17.6 Å². The molecule has 0 radical (unpaired) electrons. The molecule has 0 spiro atoms. The molecule has 1 aromatic carbocycles. The molecule has 0 saturated heterocycles. The van der Waals surface area contributed by atoms with E-state index < -0.39 is 11.9 Å². The Morgan fingerprint density at radius 2 is 2.18 bits per heavy atom. The van der Waals surface area contributed by atoms with Gasteiger partial charge in [-0.15, -0.1) is 0 Å². The minimum atomic E-state index is -0.951. The van der Waals surface area contributed by atoms with Crippen molar-refractivity contribution in [3.8, 4) is 0 Å². The number of hydrogen-bond donors (Lipinski definition) is 2. The number of benzene rings is 1. The van der Waals surface area contributed by atoms with Gasteiger partial charge in [-0.1, -0.05) is 26.0 Å². The summed E-state index contributed by atoms with van der Waals surface area (Å²) in [5.41, 5.74) is 2.67. The van der Waals surface area contributed by atoms with Crippen LogP contribution in [0.15, 0.2) is 18.2 Å². The van der Waals surface area contributed by atoms with Crippen LogP contribution in [0.25, 0.3) is 0 Å². The van der Waals surface area contributed by atoms with E-state index in [1.807, 2.05) is 18.2 Å². The molecule has 2 rings (SSSR count). The average Bonchev–Trinajstić information content (AvgIpc) is 2.54. The Hall–Kier alpha value is -1.84. The Labute approximate surface area is 99.6 Å². The van der Waals surface area contributed by atoms with Crippen LogP contribution in [0.2, 0.25) is 0 Å². The summed E-state index contributed by atoms with van der Waals surface area (Å²) < 4.78 is 0. The Morgan fingerprint density at radius 1 is 1.47 bits per heavy atom. The number of fused-ring (bicyclic) bond motifs is 1. The van der Waals surface area contributed by atoms with Gasteiger partial charge in [-0.25, -0.2) is 0 Å². The molecule has 0 saturated carbocycles. The molecule has 4 nitrogen and oxygen atoms in total. The van der Waals surface area contributed by atoms with E-state index in [-0.39, 0.29) is 12.3 Å². The molecule has 0 bridgehead atoms. The van der Waals surface area contributed by atoms with Crippen LogP contribution >= 0.6 is 0 Å². The number of nitrogens with one attached hydrogen (secondary N) is 1. The van der Waals surface area contributed by atoms with Crippen LogP contribution in [0.4, 0.5) is 5.69 Å². The summed E-state index contributed by atoms with van der Waals surface area (Å²) in [6, 6.07) is 5.75. The third-order valence-corrected chi connectivity index (χ3v) is 3.07. The van der Waals surface area contributed by atoms with Crippen LogP contribution in [0.3, 0.4) is 0 Å². The SMILES string of the molecule is CC(C)c1ccc2c(c1)C(CC(=O)O)C(=O)N2. The molecule has 0 aromatic heterocycles. The predicted molar refractivity (Wildman–Crippen MR) is 64.2 cm³/mol. The fraction of sp³-hybridized carbons (Fsp3) is 0.385. The van der Waals surface area contributed by atoms with Crippen molar-refractivity contribution in [2.75, 3.05) is 5.32 Å². The fourth-order valence-corrected chi connectivity index (χ4v) is 2.08. The number of carboxylic acid groups (broad SMARTS) is 1. The molecule has 2 N–H and O–H groups in total. The van der Waals surface area contributed by atoms with E-state index >= 15 is 0 Å². The van der Waals surface area contributed by atoms with Gasteiger partial charge in [-0.2, -0.15) is 0 Å². The minimum absolute atomic E-state index is 0.152. The van der Waals surface area contributed by atoms with Gasteiger partial charge in [0.15, 0.2) is 0 Å². The lowest BCUT2D eigenvalue weighted by atomic mass is 9.93. The average molecular weight is 233 g/mol. The molecule has 1 aliphatic rings. The minimum Gasteiger partial charge on any atom is -0.481 e. The highest BCUT2D eigenvalue weighted by atomic mass is 16.4. The molecule has 1 heterocycles. The number of carbonyl (C=O) groups is 2. The number of hydrogen-bond acceptors (Lipinski definition) is 2. The highest BCUT2D eigenvalue weighted by molar-refractivity contribution is 6.04. The van der Waals surface area contributed by atoms with Gasteiger partial charge in [0.1, 0.15) is 0 Å². The van der Waals surface area contributed by atoms with Crippen molar-refractivity contribution < 1.29 is 14.7 Å². The fourth-order valence-electron chi connectivity index (χ4n) is 2.08. The maximum atomic E-state index is 11.7. The first-order chi connectivity index (χ1) is 7.99. The van der Waals surface area contributed by atoms with Crippen LogP contribution in [0, 0.1) is 0 Å². The Bertz CT molecular complexity index is 480. The van der Waals surface area contributed by atoms with Gasteiger partial charge < -0.3 is 10.4 Å². The topological polar surface area (TPSA) is 66.4 Å². The molecule has 1 aliphatic heterocycles. The monoisotopic (exact) mass is 233 g/mol. The summed E-state index contributed by atoms with van der Waals surface area (Å²) >= 11 is 0. The van der Waals surface area contributed by atoms with Crippen LogP contribution in [0.5, 0.6) is 0 Å². The van der Waals surface area contributed by atoms with Crippen molar-refractivity contribution in [2.45, 2.75) is 32.1 Å². The summed E-state index contributed by atoms with van der Waals surface area (Å²) in [7, 11) is 0. The molecule has 0 fully saturated rings. The Balaban J connectivity index is 2.39. The predicted octanol–water partition coefficient (Wildman–Crippen LogP) is 2.32. The van der Waals surface area contributed by atoms with Crippen molar-refractivity contribution in [1.82, 2.24) is 0 Å². The van der Waals surface area contributed by atoms with E-state index in [9.17, 15) is 9.59 Å². The van der Waals surface area contributed by atoms with E-state index in [1.54, 1.807) is 0 Å². The number of carboxylic acids is 1. The van der Waals surface area contributed by atoms with Crippen molar-refractivity contribution in [3.05, 3.63) is 29.3 Å². The molecule has 1 amide bonds. The van der Waals surface area contributed by atoms with E-state index in [0.29, 0.717) is 5.92 Å². The van der Waals surface area contributed by atoms with Crippen molar-refractivity contribution in [3.63, 3.8) is 0 Å². The Morgan fingerprint density at radius 3 is 2.76 bits per heavy atom. The molecule has 0 aliphatic carbocycles. The van der Waals surface area contributed by atoms with Gasteiger partial charge >= 0.3 is 5.97 Å². The van der Waals surface area contributed by atoms with Gasteiger partial charge in [0.2, 0.25) is 5.91 Å². The maximum Gasteiger partial charge on any atom is 0.304 e. The largest absolute Gasteiger partial charge is 0.481 e. The van der Waals surface area contributed by atoms with Gasteiger partial charge in [0, 0.05) is 5.69 Å². The highest BCUT2D eigenvalue weighted by Gasteiger charge is 2.32. The number of anilines is 1. The molecule has 90 valence electrons. The standard InChI is InChI=1S/C13H15NO3/c1-7(2)8-3-4-11-9(5-8)10(6-12(15)16)13(17)14-11/h3-5,7,10H,6H2,1-2H3,(H,14,17)(H,15,16). The van der Waals surface area contributed by atoms with E-state index in [0.717, 1.165) is 16.8 Å². The van der Waals surface area contributed by atoms with Gasteiger partial charge in [0.25, 0.3) is 0 Å². The first-order valence-electron chi connectivity index (χ1n) is 5.65. The summed E-state index contributed by atoms with van der Waals surface area (Å²) in [5, 5.41) is 11.5. The first kappa shape index (κ1) is 11.6. The molecule has 4 heteroatoms. The van der Waals surface area contributed by atoms with Crippen molar-refractivity contribution in [1.29, 1.82) is 0 Å². The molecule has 1 aromatic rings. The maximum absolute atomic E-state index is 11.7. The summed E-state index contributed by atoms with van der Waals surface area (Å²) in [6.45, 7) is 4.14. The molecular formula is C13H15NO3. The lowest BCUT2D eigenvalue weighted by Crippen LogP contribution is -2.15. The normalized spacial score (nSPS) is 18.1. The van der Waals surface area contributed by atoms with Crippen LogP contribution in [-0.2, 0) is 9.59 Å². The molecule has 1 atom stereocenters. The summed E-state index contributed by atoms with van der Waals surface area (Å²) in [6.07, 6.45) is -0.152. The second kappa shape index (κ2) is 4.20. The van der Waals surface area contributed by atoms with E-state index in [2.05, 4.69) is 19.2 Å². The molecule has 17 heavy (non-hydrogen) atoms. The highest BCUT2D eigenvalue weighted by Crippen LogP contribution is 2.36. The second-order valence-corrected chi connectivity index (χ2v) is 4.64. The third kappa shape index (κ3) is 2.16. The van der Waals surface area contributed by atoms with Gasteiger partial charge in [-0.05, 0) is 23.1 Å². The van der Waals surface area contributed by atoms with Gasteiger partial charge in [-0.3, -0.25) is 9.59 Å². The zero-order valence-corrected chi connectivity index (χ0v) is 9.86. The molecular weight excluding hydrogens is 218 g/mol. The number of aliphatic carboxylic acids is 1. The summed E-state index contributed by atoms with van der Waals surface area (Å²) in [4.78, 5) is 22.4. The van der Waals surface area contributed by atoms with Crippen LogP contribution in [0.1, 0.15) is 43.2 Å². The summed E-state index contributed by atoms with van der Waals surface area (Å²) in [5.74, 6) is -1.36. The number of amides is 1. The van der Waals surface area contributed by atoms with E-state index in [1.165, 1.54) is 0 Å². The Kier molecular flexibility index (Phi) is 2.88. The van der Waals surface area contributed by atoms with Crippen LogP contribution < -0.4 is 5.32 Å². The zero-order valence-electron chi connectivity index (χ0n) is 9.86. The smallest absolute Gasteiger partial charge is 0.304 e. The number of rotatable bonds is 3. The second-order valence-electron chi connectivity index (χ2n) is 4.64. The lowest BCUT2D eigenvalue weighted by Gasteiger charge is -2.10. The van der Waals surface area contributed by atoms with Gasteiger partial charge in [0.05, 0.1) is 12.3 Å². The van der Waals surface area contributed by atoms with E-state index in [4.69, 9.17) is 5.11 Å². The third-order valence-electron chi connectivity index (χ3n) is 3.07. The first-order valence-corrected chi connectivity index (χ1v) is 5.65. The lowest BCUT2D eigenvalue weighted by molar-refractivity contribution is -0.138. The van der Waals surface area contributed by atoms with Crippen LogP contribution in [-0.4, -0.2) is 17.0 Å². The quantitative estimate of drug-likeness (QED) is 0.842. The zero-order chi connectivity index (χ0) is 12.6. The number of carbonyl (C=O) groups excluding carboxylic acids is 1. The van der Waals surface area contributed by atoms with Crippen molar-refractivity contribution in [2.24, 2.45) is 0 Å². The molecule has 1 unspecified atom stereocenters.